The van der Waals surface area contributed by atoms with Crippen LogP contribution in [0.1, 0.15) is 12.1 Å². The zero-order valence-electron chi connectivity index (χ0n) is 17.8. The lowest BCUT2D eigenvalue weighted by Crippen LogP contribution is -2.25. The number of hydrogen-bond donors (Lipinski definition) is 0. The van der Waals surface area contributed by atoms with Gasteiger partial charge in [0.15, 0.2) is 11.5 Å². The van der Waals surface area contributed by atoms with E-state index in [-0.39, 0.29) is 6.10 Å². The number of fused-ring (bicyclic) bond motifs is 2. The molecule has 31 heavy (non-hydrogen) atoms. The summed E-state index contributed by atoms with van der Waals surface area (Å²) in [6.07, 6.45) is 2.60. The summed E-state index contributed by atoms with van der Waals surface area (Å²) in [7, 11) is 3.26. The predicted octanol–water partition coefficient (Wildman–Crippen LogP) is 4.16. The average Bonchev–Trinajstić information content (AvgIpc) is 3.26. The van der Waals surface area contributed by atoms with Crippen molar-refractivity contribution in [1.82, 2.24) is 15.0 Å². The summed E-state index contributed by atoms with van der Waals surface area (Å²) >= 11 is 0. The fraction of sp³-hybridized carbons (Fsp3) is 0.292. The van der Waals surface area contributed by atoms with Crippen LogP contribution < -0.4 is 19.1 Å². The molecular weight excluding hydrogens is 392 g/mol. The van der Waals surface area contributed by atoms with Crippen LogP contribution in [0.25, 0.3) is 21.8 Å². The van der Waals surface area contributed by atoms with E-state index in [1.807, 2.05) is 37.3 Å². The van der Waals surface area contributed by atoms with Gasteiger partial charge in [0, 0.05) is 35.5 Å². The number of methoxy groups -OCH3 is 2. The van der Waals surface area contributed by atoms with Gasteiger partial charge in [0.1, 0.15) is 24.0 Å². The summed E-state index contributed by atoms with van der Waals surface area (Å²) in [6, 6.07) is 14.0. The number of nitrogens with zero attached hydrogens (tertiary/aromatic N) is 4. The van der Waals surface area contributed by atoms with E-state index in [0.29, 0.717) is 11.5 Å². The van der Waals surface area contributed by atoms with Gasteiger partial charge in [-0.1, -0.05) is 6.07 Å². The fourth-order valence-corrected chi connectivity index (χ4v) is 4.11. The van der Waals surface area contributed by atoms with E-state index in [1.165, 1.54) is 0 Å². The molecule has 4 aromatic rings. The number of rotatable bonds is 5. The monoisotopic (exact) mass is 416 g/mol. The van der Waals surface area contributed by atoms with E-state index in [9.17, 15) is 0 Å². The maximum Gasteiger partial charge on any atom is 0.162 e. The fourth-order valence-electron chi connectivity index (χ4n) is 4.11. The van der Waals surface area contributed by atoms with Crippen molar-refractivity contribution in [3.8, 4) is 17.2 Å². The number of hydrogen-bond acceptors (Lipinski definition) is 7. The highest BCUT2D eigenvalue weighted by Gasteiger charge is 2.27. The van der Waals surface area contributed by atoms with Crippen molar-refractivity contribution < 1.29 is 14.2 Å². The highest BCUT2D eigenvalue weighted by molar-refractivity contribution is 5.92. The van der Waals surface area contributed by atoms with Crippen LogP contribution in [0, 0.1) is 6.92 Å². The first-order valence-electron chi connectivity index (χ1n) is 10.3. The second-order valence-electron chi connectivity index (χ2n) is 7.70. The van der Waals surface area contributed by atoms with Crippen molar-refractivity contribution in [2.45, 2.75) is 19.4 Å². The normalized spacial score (nSPS) is 16.1. The third kappa shape index (κ3) is 3.67. The van der Waals surface area contributed by atoms with Gasteiger partial charge in [0.25, 0.3) is 0 Å². The summed E-state index contributed by atoms with van der Waals surface area (Å²) in [5.41, 5.74) is 2.82. The van der Waals surface area contributed by atoms with Crippen molar-refractivity contribution >= 4 is 27.6 Å². The van der Waals surface area contributed by atoms with Gasteiger partial charge in [-0.15, -0.1) is 0 Å². The topological polar surface area (TPSA) is 69.6 Å². The van der Waals surface area contributed by atoms with Crippen LogP contribution in [0.4, 0.5) is 5.82 Å². The smallest absolute Gasteiger partial charge is 0.162 e. The molecule has 7 heteroatoms. The SMILES string of the molecule is COc1cc2ncnc(N3CC[C@@H](Oc4ccc5nc(C)ccc5c4)C3)c2cc1OC. The Balaban J connectivity index is 1.38. The van der Waals surface area contributed by atoms with Gasteiger partial charge in [-0.3, -0.25) is 4.98 Å². The molecule has 0 bridgehead atoms. The van der Waals surface area contributed by atoms with Crippen molar-refractivity contribution in [2.24, 2.45) is 0 Å². The summed E-state index contributed by atoms with van der Waals surface area (Å²) in [6.45, 7) is 3.61. The maximum absolute atomic E-state index is 6.30. The third-order valence-corrected chi connectivity index (χ3v) is 5.67. The molecule has 1 saturated heterocycles. The van der Waals surface area contributed by atoms with E-state index in [2.05, 4.69) is 32.0 Å². The van der Waals surface area contributed by atoms with Gasteiger partial charge in [-0.05, 0) is 37.3 Å². The summed E-state index contributed by atoms with van der Waals surface area (Å²) in [4.78, 5) is 15.8. The number of anilines is 1. The third-order valence-electron chi connectivity index (χ3n) is 5.67. The Bertz CT molecular complexity index is 1260. The lowest BCUT2D eigenvalue weighted by Gasteiger charge is -2.20. The Labute approximate surface area is 180 Å². The molecule has 1 fully saturated rings. The largest absolute Gasteiger partial charge is 0.493 e. The average molecular weight is 416 g/mol. The Kier molecular flexibility index (Phi) is 4.94. The summed E-state index contributed by atoms with van der Waals surface area (Å²) in [5, 5.41) is 2.02. The summed E-state index contributed by atoms with van der Waals surface area (Å²) in [5.74, 6) is 3.07. The molecule has 158 valence electrons. The van der Waals surface area contributed by atoms with Crippen LogP contribution in [0.5, 0.6) is 17.2 Å². The van der Waals surface area contributed by atoms with Crippen LogP contribution in [0.2, 0.25) is 0 Å². The number of aromatic nitrogens is 3. The Morgan fingerprint density at radius 1 is 0.935 bits per heavy atom. The molecule has 7 nitrogen and oxygen atoms in total. The first kappa shape index (κ1) is 19.4. The molecule has 2 aromatic carbocycles. The van der Waals surface area contributed by atoms with Gasteiger partial charge in [-0.2, -0.15) is 0 Å². The Morgan fingerprint density at radius 3 is 2.61 bits per heavy atom. The molecule has 2 aromatic heterocycles. The number of pyridine rings is 1. The number of ether oxygens (including phenoxy) is 3. The van der Waals surface area contributed by atoms with Crippen LogP contribution in [0.3, 0.4) is 0 Å². The van der Waals surface area contributed by atoms with E-state index in [1.54, 1.807) is 20.5 Å². The first-order valence-corrected chi connectivity index (χ1v) is 10.3. The highest BCUT2D eigenvalue weighted by atomic mass is 16.5. The van der Waals surface area contributed by atoms with Crippen LogP contribution in [-0.2, 0) is 0 Å². The molecule has 0 radical (unpaired) electrons. The first-order chi connectivity index (χ1) is 15.1. The molecule has 1 aliphatic heterocycles. The molecular formula is C24H24N4O3. The predicted molar refractivity (Wildman–Crippen MR) is 120 cm³/mol. The van der Waals surface area contributed by atoms with Gasteiger partial charge >= 0.3 is 0 Å². The van der Waals surface area contributed by atoms with Crippen molar-refractivity contribution in [2.75, 3.05) is 32.2 Å². The van der Waals surface area contributed by atoms with Gasteiger partial charge in [-0.25, -0.2) is 9.97 Å². The molecule has 3 heterocycles. The minimum Gasteiger partial charge on any atom is -0.493 e. The molecule has 5 rings (SSSR count). The van der Waals surface area contributed by atoms with Gasteiger partial charge in [0.05, 0.1) is 31.8 Å². The molecule has 1 atom stereocenters. The second kappa shape index (κ2) is 7.91. The minimum absolute atomic E-state index is 0.0843. The second-order valence-corrected chi connectivity index (χ2v) is 7.70. The van der Waals surface area contributed by atoms with E-state index >= 15 is 0 Å². The van der Waals surface area contributed by atoms with Crippen molar-refractivity contribution in [1.29, 1.82) is 0 Å². The highest BCUT2D eigenvalue weighted by Crippen LogP contribution is 2.36. The zero-order valence-corrected chi connectivity index (χ0v) is 17.8. The van der Waals surface area contributed by atoms with Crippen molar-refractivity contribution in [3.05, 3.63) is 54.5 Å². The summed E-state index contributed by atoms with van der Waals surface area (Å²) < 4.78 is 17.2. The number of benzene rings is 2. The van der Waals surface area contributed by atoms with Gasteiger partial charge < -0.3 is 19.1 Å². The van der Waals surface area contributed by atoms with E-state index in [4.69, 9.17) is 14.2 Å². The minimum atomic E-state index is 0.0843. The molecule has 0 N–H and O–H groups in total. The van der Waals surface area contributed by atoms with Crippen LogP contribution in [0.15, 0.2) is 48.8 Å². The lowest BCUT2D eigenvalue weighted by atomic mass is 10.2. The Morgan fingerprint density at radius 2 is 1.77 bits per heavy atom. The molecule has 0 aliphatic carbocycles. The number of aryl methyl sites for hydroxylation is 1. The van der Waals surface area contributed by atoms with E-state index in [0.717, 1.165) is 58.6 Å². The molecule has 0 saturated carbocycles. The van der Waals surface area contributed by atoms with E-state index < -0.39 is 0 Å². The maximum atomic E-state index is 6.30. The standard InChI is InChI=1S/C24H24N4O3/c1-15-4-5-16-10-17(6-7-20(16)27-15)31-18-8-9-28(13-18)24-19-11-22(29-2)23(30-3)12-21(19)25-14-26-24/h4-7,10-12,14,18H,8-9,13H2,1-3H3/t18-/m1/s1. The molecule has 0 spiro atoms. The molecule has 1 aliphatic rings. The lowest BCUT2D eigenvalue weighted by molar-refractivity contribution is 0.225. The molecule has 0 unspecified atom stereocenters. The van der Waals surface area contributed by atoms with Crippen LogP contribution >= 0.6 is 0 Å². The van der Waals surface area contributed by atoms with Gasteiger partial charge in [0.2, 0.25) is 0 Å². The van der Waals surface area contributed by atoms with Crippen LogP contribution in [-0.4, -0.2) is 48.4 Å². The van der Waals surface area contributed by atoms with Crippen molar-refractivity contribution in [3.63, 3.8) is 0 Å². The quantitative estimate of drug-likeness (QED) is 0.484. The zero-order chi connectivity index (χ0) is 21.4. The Hall–Kier alpha value is -3.61. The molecule has 0 amide bonds.